The van der Waals surface area contributed by atoms with Gasteiger partial charge >= 0.3 is 0 Å². The van der Waals surface area contributed by atoms with Gasteiger partial charge in [-0.25, -0.2) is 0 Å². The van der Waals surface area contributed by atoms with Crippen LogP contribution in [0.5, 0.6) is 0 Å². The molecular formula is C14H23N. The van der Waals surface area contributed by atoms with Crippen molar-refractivity contribution in [3.8, 4) is 0 Å². The van der Waals surface area contributed by atoms with Crippen molar-refractivity contribution in [2.75, 3.05) is 0 Å². The molecule has 0 aromatic heterocycles. The van der Waals surface area contributed by atoms with Crippen molar-refractivity contribution >= 4 is 0 Å². The molecule has 1 rings (SSSR count). The standard InChI is InChI=1S/C14H23N/c1-4-10-14(15,11-5-2)13-9-7-6-8-12(13)3/h6-9H,4-5,10-11,15H2,1-3H3. The molecule has 0 bridgehead atoms. The van der Waals surface area contributed by atoms with E-state index in [1.54, 1.807) is 0 Å². The van der Waals surface area contributed by atoms with Crippen molar-refractivity contribution < 1.29 is 0 Å². The van der Waals surface area contributed by atoms with Gasteiger partial charge in [0.1, 0.15) is 0 Å². The largest absolute Gasteiger partial charge is 0.321 e. The molecule has 1 nitrogen and oxygen atoms in total. The van der Waals surface area contributed by atoms with Gasteiger partial charge < -0.3 is 5.73 Å². The summed E-state index contributed by atoms with van der Waals surface area (Å²) in [4.78, 5) is 0. The van der Waals surface area contributed by atoms with Crippen molar-refractivity contribution in [2.45, 2.75) is 52.0 Å². The van der Waals surface area contributed by atoms with E-state index < -0.39 is 0 Å². The molecule has 0 atom stereocenters. The molecule has 1 aromatic rings. The molecule has 0 amide bonds. The lowest BCUT2D eigenvalue weighted by Crippen LogP contribution is -2.37. The van der Waals surface area contributed by atoms with E-state index in [0.29, 0.717) is 0 Å². The first-order chi connectivity index (χ1) is 7.14. The lowest BCUT2D eigenvalue weighted by molar-refractivity contribution is 0.368. The fourth-order valence-corrected chi connectivity index (χ4v) is 2.42. The van der Waals surface area contributed by atoms with Crippen molar-refractivity contribution in [3.05, 3.63) is 35.4 Å². The van der Waals surface area contributed by atoms with E-state index in [0.717, 1.165) is 25.7 Å². The normalized spacial score (nSPS) is 11.7. The monoisotopic (exact) mass is 205 g/mol. The SMILES string of the molecule is CCCC(N)(CCC)c1ccccc1C. The summed E-state index contributed by atoms with van der Waals surface area (Å²) in [6.07, 6.45) is 4.44. The maximum absolute atomic E-state index is 6.54. The van der Waals surface area contributed by atoms with Gasteiger partial charge in [0.15, 0.2) is 0 Å². The van der Waals surface area contributed by atoms with Crippen LogP contribution in [0.4, 0.5) is 0 Å². The van der Waals surface area contributed by atoms with Crippen LogP contribution < -0.4 is 5.73 Å². The molecule has 0 saturated heterocycles. The number of aryl methyl sites for hydroxylation is 1. The first-order valence-corrected chi connectivity index (χ1v) is 5.99. The fraction of sp³-hybridized carbons (Fsp3) is 0.571. The Labute approximate surface area is 93.7 Å². The molecule has 0 saturated carbocycles. The highest BCUT2D eigenvalue weighted by atomic mass is 14.7. The van der Waals surface area contributed by atoms with Gasteiger partial charge in [0.05, 0.1) is 0 Å². The quantitative estimate of drug-likeness (QED) is 0.778. The number of benzene rings is 1. The average molecular weight is 205 g/mol. The molecule has 0 aliphatic carbocycles. The fourth-order valence-electron chi connectivity index (χ4n) is 2.42. The average Bonchev–Trinajstić information content (AvgIpc) is 2.19. The Morgan fingerprint density at radius 1 is 1.07 bits per heavy atom. The zero-order valence-corrected chi connectivity index (χ0v) is 10.2. The highest BCUT2D eigenvalue weighted by Gasteiger charge is 2.26. The Balaban J connectivity index is 3.03. The molecule has 15 heavy (non-hydrogen) atoms. The van der Waals surface area contributed by atoms with E-state index in [1.807, 2.05) is 0 Å². The molecule has 0 fully saturated rings. The Morgan fingerprint density at radius 3 is 2.07 bits per heavy atom. The van der Waals surface area contributed by atoms with Crippen LogP contribution >= 0.6 is 0 Å². The van der Waals surface area contributed by atoms with Crippen LogP contribution in [-0.4, -0.2) is 0 Å². The summed E-state index contributed by atoms with van der Waals surface area (Å²) < 4.78 is 0. The maximum atomic E-state index is 6.54. The zero-order chi connectivity index (χ0) is 11.3. The highest BCUT2D eigenvalue weighted by molar-refractivity contribution is 5.32. The van der Waals surface area contributed by atoms with Gasteiger partial charge in [0.2, 0.25) is 0 Å². The summed E-state index contributed by atoms with van der Waals surface area (Å²) in [5, 5.41) is 0. The summed E-state index contributed by atoms with van der Waals surface area (Å²) in [5.41, 5.74) is 9.07. The molecule has 0 spiro atoms. The molecule has 0 aliphatic rings. The molecule has 1 heteroatoms. The molecule has 1 aromatic carbocycles. The second-order valence-corrected chi connectivity index (χ2v) is 4.47. The van der Waals surface area contributed by atoms with Crippen molar-refractivity contribution in [1.82, 2.24) is 0 Å². The van der Waals surface area contributed by atoms with Gasteiger partial charge in [-0.05, 0) is 30.9 Å². The predicted molar refractivity (Wildman–Crippen MR) is 66.9 cm³/mol. The van der Waals surface area contributed by atoms with Crippen molar-refractivity contribution in [3.63, 3.8) is 0 Å². The lowest BCUT2D eigenvalue weighted by atomic mass is 9.81. The zero-order valence-electron chi connectivity index (χ0n) is 10.2. The molecular weight excluding hydrogens is 182 g/mol. The highest BCUT2D eigenvalue weighted by Crippen LogP contribution is 2.30. The maximum Gasteiger partial charge on any atom is 0.0412 e. The minimum atomic E-state index is -0.116. The van der Waals surface area contributed by atoms with Crippen LogP contribution in [0.25, 0.3) is 0 Å². The summed E-state index contributed by atoms with van der Waals surface area (Å²) in [5.74, 6) is 0. The number of hydrogen-bond donors (Lipinski definition) is 1. The molecule has 2 N–H and O–H groups in total. The van der Waals surface area contributed by atoms with E-state index in [2.05, 4.69) is 45.0 Å². The van der Waals surface area contributed by atoms with Gasteiger partial charge in [0, 0.05) is 5.54 Å². The van der Waals surface area contributed by atoms with Crippen LogP contribution in [0.3, 0.4) is 0 Å². The van der Waals surface area contributed by atoms with E-state index in [-0.39, 0.29) is 5.54 Å². The smallest absolute Gasteiger partial charge is 0.0412 e. The second-order valence-electron chi connectivity index (χ2n) is 4.47. The topological polar surface area (TPSA) is 26.0 Å². The van der Waals surface area contributed by atoms with Crippen LogP contribution in [-0.2, 0) is 5.54 Å². The first-order valence-electron chi connectivity index (χ1n) is 5.99. The minimum Gasteiger partial charge on any atom is -0.321 e. The molecule has 0 heterocycles. The summed E-state index contributed by atoms with van der Waals surface area (Å²) in [6.45, 7) is 6.56. The van der Waals surface area contributed by atoms with Gasteiger partial charge in [-0.15, -0.1) is 0 Å². The van der Waals surface area contributed by atoms with Crippen LogP contribution in [0.15, 0.2) is 24.3 Å². The number of nitrogens with two attached hydrogens (primary N) is 1. The minimum absolute atomic E-state index is 0.116. The third-order valence-corrected chi connectivity index (χ3v) is 3.07. The first kappa shape index (κ1) is 12.3. The van der Waals surface area contributed by atoms with Crippen molar-refractivity contribution in [2.24, 2.45) is 5.73 Å². The summed E-state index contributed by atoms with van der Waals surface area (Å²) in [7, 11) is 0. The summed E-state index contributed by atoms with van der Waals surface area (Å²) in [6, 6.07) is 8.51. The lowest BCUT2D eigenvalue weighted by Gasteiger charge is -2.31. The number of rotatable bonds is 5. The Bertz CT molecular complexity index is 298. The van der Waals surface area contributed by atoms with Crippen molar-refractivity contribution in [1.29, 1.82) is 0 Å². The Hall–Kier alpha value is -0.820. The molecule has 0 aliphatic heterocycles. The van der Waals surface area contributed by atoms with Crippen LogP contribution in [0, 0.1) is 6.92 Å². The van der Waals surface area contributed by atoms with Gasteiger partial charge in [-0.1, -0.05) is 51.0 Å². The van der Waals surface area contributed by atoms with E-state index in [9.17, 15) is 0 Å². The van der Waals surface area contributed by atoms with Gasteiger partial charge in [-0.2, -0.15) is 0 Å². The predicted octanol–water partition coefficient (Wildman–Crippen LogP) is 3.75. The third-order valence-electron chi connectivity index (χ3n) is 3.07. The number of hydrogen-bond acceptors (Lipinski definition) is 1. The molecule has 0 radical (unpaired) electrons. The van der Waals surface area contributed by atoms with Crippen LogP contribution in [0.2, 0.25) is 0 Å². The Morgan fingerprint density at radius 2 is 1.60 bits per heavy atom. The van der Waals surface area contributed by atoms with E-state index in [1.165, 1.54) is 11.1 Å². The van der Waals surface area contributed by atoms with E-state index in [4.69, 9.17) is 5.73 Å². The molecule has 0 unspecified atom stereocenters. The summed E-state index contributed by atoms with van der Waals surface area (Å²) >= 11 is 0. The third kappa shape index (κ3) is 2.82. The molecule has 84 valence electrons. The van der Waals surface area contributed by atoms with Crippen LogP contribution in [0.1, 0.15) is 50.7 Å². The van der Waals surface area contributed by atoms with Gasteiger partial charge in [0.25, 0.3) is 0 Å². The van der Waals surface area contributed by atoms with E-state index >= 15 is 0 Å². The Kier molecular flexibility index (Phi) is 4.34. The second kappa shape index (κ2) is 5.32. The van der Waals surface area contributed by atoms with Gasteiger partial charge in [-0.3, -0.25) is 0 Å².